The smallest absolute Gasteiger partial charge is 0.407 e. The van der Waals surface area contributed by atoms with Crippen LogP contribution in [0.15, 0.2) is 29.2 Å². The predicted octanol–water partition coefficient (Wildman–Crippen LogP) is 1.49. The number of ether oxygens (including phenoxy) is 1. The molecule has 0 aliphatic carbocycles. The summed E-state index contributed by atoms with van der Waals surface area (Å²) in [4.78, 5) is 24.0. The molecule has 8 nitrogen and oxygen atoms in total. The Morgan fingerprint density at radius 1 is 1.21 bits per heavy atom. The summed E-state index contributed by atoms with van der Waals surface area (Å²) >= 11 is 0. The highest BCUT2D eigenvalue weighted by atomic mass is 32.2. The van der Waals surface area contributed by atoms with Gasteiger partial charge in [0.25, 0.3) is 5.91 Å². The fraction of sp³-hybridized carbons (Fsp3) is 0.474. The number of sulfonamides is 1. The molecule has 154 valence electrons. The SMILES string of the molecule is C#CCNS(=O)(=O)c1ccc(C(=O)NCC(CC(C)C)NC(=O)OCC)cc1. The molecule has 1 aromatic rings. The molecule has 1 aromatic carbocycles. The lowest BCUT2D eigenvalue weighted by Crippen LogP contribution is -2.44. The molecule has 0 spiro atoms. The molecule has 9 heteroatoms. The molecule has 0 aliphatic heterocycles. The van der Waals surface area contributed by atoms with Gasteiger partial charge in [0, 0.05) is 18.2 Å². The molecule has 1 atom stereocenters. The molecule has 1 rings (SSSR count). The first-order valence-corrected chi connectivity index (χ1v) is 10.4. The molecule has 0 radical (unpaired) electrons. The summed E-state index contributed by atoms with van der Waals surface area (Å²) in [6, 6.07) is 5.20. The van der Waals surface area contributed by atoms with Gasteiger partial charge in [-0.1, -0.05) is 19.8 Å². The molecule has 1 unspecified atom stereocenters. The molecule has 0 saturated carbocycles. The Labute approximate surface area is 166 Å². The topological polar surface area (TPSA) is 114 Å². The van der Waals surface area contributed by atoms with Gasteiger partial charge in [-0.05, 0) is 43.5 Å². The number of alkyl carbamates (subject to hydrolysis) is 1. The van der Waals surface area contributed by atoms with E-state index in [0.29, 0.717) is 17.9 Å². The molecule has 3 N–H and O–H groups in total. The van der Waals surface area contributed by atoms with Crippen LogP contribution in [0.2, 0.25) is 0 Å². The van der Waals surface area contributed by atoms with Crippen LogP contribution in [0.5, 0.6) is 0 Å². The maximum absolute atomic E-state index is 12.3. The summed E-state index contributed by atoms with van der Waals surface area (Å²) in [5.74, 6) is 2.13. The summed E-state index contributed by atoms with van der Waals surface area (Å²) in [6.45, 7) is 6.10. The van der Waals surface area contributed by atoms with Crippen LogP contribution in [0.4, 0.5) is 4.79 Å². The lowest BCUT2D eigenvalue weighted by molar-refractivity contribution is 0.0944. The second-order valence-corrected chi connectivity index (χ2v) is 8.22. The summed E-state index contributed by atoms with van der Waals surface area (Å²) < 4.78 is 31.1. The number of carbonyl (C=O) groups is 2. The van der Waals surface area contributed by atoms with Gasteiger partial charge < -0.3 is 15.4 Å². The van der Waals surface area contributed by atoms with Crippen molar-refractivity contribution in [2.24, 2.45) is 5.92 Å². The van der Waals surface area contributed by atoms with Gasteiger partial charge in [0.15, 0.2) is 0 Å². The van der Waals surface area contributed by atoms with Crippen LogP contribution in [0.25, 0.3) is 0 Å². The minimum atomic E-state index is -3.71. The Hall–Kier alpha value is -2.57. The van der Waals surface area contributed by atoms with Crippen LogP contribution in [0, 0.1) is 18.3 Å². The molecular formula is C19H27N3O5S. The summed E-state index contributed by atoms with van der Waals surface area (Å²) in [5, 5.41) is 5.47. The van der Waals surface area contributed by atoms with Crippen LogP contribution >= 0.6 is 0 Å². The van der Waals surface area contributed by atoms with E-state index >= 15 is 0 Å². The van der Waals surface area contributed by atoms with Gasteiger partial charge in [-0.15, -0.1) is 6.42 Å². The van der Waals surface area contributed by atoms with Crippen molar-refractivity contribution in [3.05, 3.63) is 29.8 Å². The molecule has 0 bridgehead atoms. The monoisotopic (exact) mass is 409 g/mol. The van der Waals surface area contributed by atoms with Crippen molar-refractivity contribution in [2.45, 2.75) is 38.1 Å². The highest BCUT2D eigenvalue weighted by Crippen LogP contribution is 2.11. The number of amides is 2. The first-order valence-electron chi connectivity index (χ1n) is 8.94. The van der Waals surface area contributed by atoms with E-state index in [1.807, 2.05) is 13.8 Å². The quantitative estimate of drug-likeness (QED) is 0.507. The van der Waals surface area contributed by atoms with Gasteiger partial charge in [-0.25, -0.2) is 13.2 Å². The van der Waals surface area contributed by atoms with E-state index in [1.165, 1.54) is 24.3 Å². The van der Waals surface area contributed by atoms with Crippen molar-refractivity contribution in [1.82, 2.24) is 15.4 Å². The molecule has 0 saturated heterocycles. The predicted molar refractivity (Wildman–Crippen MR) is 106 cm³/mol. The molecule has 0 fully saturated rings. The Morgan fingerprint density at radius 3 is 2.39 bits per heavy atom. The number of hydrogen-bond donors (Lipinski definition) is 3. The normalized spacial score (nSPS) is 12.1. The van der Waals surface area contributed by atoms with Gasteiger partial charge in [0.1, 0.15) is 0 Å². The minimum absolute atomic E-state index is 0.0148. The third-order valence-electron chi connectivity index (χ3n) is 3.65. The number of rotatable bonds is 10. The zero-order valence-corrected chi connectivity index (χ0v) is 17.1. The van der Waals surface area contributed by atoms with Crippen LogP contribution in [-0.2, 0) is 14.8 Å². The molecule has 28 heavy (non-hydrogen) atoms. The molecule has 0 heterocycles. The highest BCUT2D eigenvalue weighted by molar-refractivity contribution is 7.89. The van der Waals surface area contributed by atoms with Gasteiger partial charge >= 0.3 is 6.09 Å². The third-order valence-corrected chi connectivity index (χ3v) is 5.07. The van der Waals surface area contributed by atoms with Gasteiger partial charge in [0.2, 0.25) is 10.0 Å². The molecule has 2 amide bonds. The summed E-state index contributed by atoms with van der Waals surface area (Å²) in [7, 11) is -3.71. The number of carbonyl (C=O) groups excluding carboxylic acids is 2. The minimum Gasteiger partial charge on any atom is -0.450 e. The Balaban J connectivity index is 2.72. The Kier molecular flexibility index (Phi) is 9.48. The van der Waals surface area contributed by atoms with E-state index in [2.05, 4.69) is 21.3 Å². The second kappa shape index (κ2) is 11.3. The fourth-order valence-electron chi connectivity index (χ4n) is 2.43. The first-order chi connectivity index (χ1) is 13.2. The van der Waals surface area contributed by atoms with Crippen molar-refractivity contribution in [2.75, 3.05) is 19.7 Å². The molecular weight excluding hydrogens is 382 g/mol. The van der Waals surface area contributed by atoms with Crippen LogP contribution in [0.1, 0.15) is 37.6 Å². The fourth-order valence-corrected chi connectivity index (χ4v) is 3.36. The van der Waals surface area contributed by atoms with Crippen molar-refractivity contribution >= 4 is 22.0 Å². The average molecular weight is 410 g/mol. The van der Waals surface area contributed by atoms with Gasteiger partial charge in [-0.2, -0.15) is 4.72 Å². The van der Waals surface area contributed by atoms with E-state index < -0.39 is 16.1 Å². The second-order valence-electron chi connectivity index (χ2n) is 6.45. The van der Waals surface area contributed by atoms with E-state index in [4.69, 9.17) is 11.2 Å². The van der Waals surface area contributed by atoms with Crippen molar-refractivity contribution in [3.63, 3.8) is 0 Å². The van der Waals surface area contributed by atoms with Gasteiger partial charge in [0.05, 0.1) is 18.0 Å². The van der Waals surface area contributed by atoms with Crippen LogP contribution in [-0.4, -0.2) is 46.2 Å². The zero-order chi connectivity index (χ0) is 21.2. The van der Waals surface area contributed by atoms with Crippen molar-refractivity contribution in [3.8, 4) is 12.3 Å². The van der Waals surface area contributed by atoms with Crippen molar-refractivity contribution in [1.29, 1.82) is 0 Å². The van der Waals surface area contributed by atoms with Gasteiger partial charge in [-0.3, -0.25) is 4.79 Å². The van der Waals surface area contributed by atoms with Crippen LogP contribution in [0.3, 0.4) is 0 Å². The number of hydrogen-bond acceptors (Lipinski definition) is 5. The third kappa shape index (κ3) is 7.98. The van der Waals surface area contributed by atoms with E-state index in [-0.39, 0.29) is 36.5 Å². The highest BCUT2D eigenvalue weighted by Gasteiger charge is 2.17. The number of nitrogens with one attached hydrogen (secondary N) is 3. The molecule has 0 aromatic heterocycles. The maximum atomic E-state index is 12.3. The molecule has 0 aliphatic rings. The number of terminal acetylenes is 1. The van der Waals surface area contributed by atoms with Crippen molar-refractivity contribution < 1.29 is 22.7 Å². The summed E-state index contributed by atoms with van der Waals surface area (Å²) in [5.41, 5.74) is 0.301. The lowest BCUT2D eigenvalue weighted by Gasteiger charge is -2.20. The largest absolute Gasteiger partial charge is 0.450 e. The Morgan fingerprint density at radius 2 is 1.86 bits per heavy atom. The maximum Gasteiger partial charge on any atom is 0.407 e. The van der Waals surface area contributed by atoms with E-state index in [0.717, 1.165) is 0 Å². The summed E-state index contributed by atoms with van der Waals surface area (Å²) in [6.07, 6.45) is 5.18. The van der Waals surface area contributed by atoms with Crippen LogP contribution < -0.4 is 15.4 Å². The first kappa shape index (κ1) is 23.5. The number of benzene rings is 1. The zero-order valence-electron chi connectivity index (χ0n) is 16.3. The lowest BCUT2D eigenvalue weighted by atomic mass is 10.0. The standard InChI is InChI=1S/C19H27N3O5S/c1-5-11-21-28(25,26)17-9-7-15(8-10-17)18(23)20-13-16(12-14(3)4)22-19(24)27-6-2/h1,7-10,14,16,21H,6,11-13H2,2-4H3,(H,20,23)(H,22,24). The Bertz CT molecular complexity index is 798. The van der Waals surface area contributed by atoms with E-state index in [1.54, 1.807) is 6.92 Å². The average Bonchev–Trinajstić information content (AvgIpc) is 2.64. The van der Waals surface area contributed by atoms with E-state index in [9.17, 15) is 18.0 Å².